The van der Waals surface area contributed by atoms with Crippen LogP contribution in [0.15, 0.2) is 4.42 Å². The largest absolute Gasteiger partial charge is 0.423 e. The second-order valence-electron chi connectivity index (χ2n) is 8.65. The second kappa shape index (κ2) is 9.19. The molecular formula is C19H30N4O6S. The lowest BCUT2D eigenvalue weighted by molar-refractivity contribution is -0.0317. The summed E-state index contributed by atoms with van der Waals surface area (Å²) < 4.78 is 41.1. The first-order chi connectivity index (χ1) is 14.4. The molecular weight excluding hydrogens is 412 g/mol. The number of fused-ring (bicyclic) bond motifs is 2. The zero-order chi connectivity index (χ0) is 21.1. The molecule has 1 aromatic heterocycles. The molecule has 4 rings (SSSR count). The summed E-state index contributed by atoms with van der Waals surface area (Å²) in [5.74, 6) is 1.85. The summed E-state index contributed by atoms with van der Waals surface area (Å²) in [4.78, 5) is 14.0. The van der Waals surface area contributed by atoms with Crippen molar-refractivity contribution in [3.05, 3.63) is 11.8 Å². The van der Waals surface area contributed by atoms with Gasteiger partial charge in [-0.15, -0.1) is 14.5 Å². The number of hydrogen-bond donors (Lipinski definition) is 1. The first-order valence-electron chi connectivity index (χ1n) is 11.0. The molecule has 30 heavy (non-hydrogen) atoms. The van der Waals surface area contributed by atoms with Gasteiger partial charge in [-0.05, 0) is 25.2 Å². The number of carbonyl (C=O) groups excluding carboxylic acids is 1. The molecule has 2 amide bonds. The lowest BCUT2D eigenvalue weighted by Gasteiger charge is -2.27. The van der Waals surface area contributed by atoms with Gasteiger partial charge < -0.3 is 9.32 Å². The van der Waals surface area contributed by atoms with E-state index in [1.165, 1.54) is 49.8 Å². The average Bonchev–Trinajstić information content (AvgIpc) is 3.27. The Balaban J connectivity index is 1.25. The summed E-state index contributed by atoms with van der Waals surface area (Å²) in [7, 11) is -4.75. The molecule has 1 aliphatic carbocycles. The molecule has 0 spiro atoms. The lowest BCUT2D eigenvalue weighted by Crippen LogP contribution is -2.35. The molecule has 2 saturated heterocycles. The Morgan fingerprint density at radius 2 is 1.87 bits per heavy atom. The Morgan fingerprint density at radius 1 is 1.07 bits per heavy atom. The van der Waals surface area contributed by atoms with Gasteiger partial charge in [0.25, 0.3) is 0 Å². The summed E-state index contributed by atoms with van der Waals surface area (Å²) in [6.07, 6.45) is 13.4. The minimum absolute atomic E-state index is 0.290. The third-order valence-corrected chi connectivity index (χ3v) is 6.84. The van der Waals surface area contributed by atoms with Crippen molar-refractivity contribution in [2.45, 2.75) is 89.1 Å². The predicted octanol–water partition coefficient (Wildman–Crippen LogP) is 3.43. The SMILES string of the molecule is O=C1N2C[C@@H](CC[C@H]2c2nnc(CCCCCC3CCCCC3)o2)N1OS(=O)(=O)O. The average molecular weight is 443 g/mol. The number of urea groups is 1. The van der Waals surface area contributed by atoms with Gasteiger partial charge in [0.1, 0.15) is 6.04 Å². The van der Waals surface area contributed by atoms with E-state index in [2.05, 4.69) is 14.5 Å². The van der Waals surface area contributed by atoms with E-state index in [4.69, 9.17) is 8.97 Å². The van der Waals surface area contributed by atoms with E-state index < -0.39 is 28.5 Å². The number of carbonyl (C=O) groups is 1. The van der Waals surface area contributed by atoms with Gasteiger partial charge in [0.05, 0.1) is 6.04 Å². The van der Waals surface area contributed by atoms with E-state index in [0.29, 0.717) is 24.6 Å². The number of amides is 2. The zero-order valence-corrected chi connectivity index (χ0v) is 17.9. The molecule has 2 aliphatic heterocycles. The van der Waals surface area contributed by atoms with Gasteiger partial charge in [-0.1, -0.05) is 51.4 Å². The van der Waals surface area contributed by atoms with E-state index in [9.17, 15) is 13.2 Å². The number of aryl methyl sites for hydroxylation is 1. The van der Waals surface area contributed by atoms with Gasteiger partial charge in [0.15, 0.2) is 0 Å². The van der Waals surface area contributed by atoms with Crippen molar-refractivity contribution >= 4 is 16.4 Å². The quantitative estimate of drug-likeness (QED) is 0.455. The highest BCUT2D eigenvalue weighted by atomic mass is 32.3. The van der Waals surface area contributed by atoms with E-state index in [-0.39, 0.29) is 6.54 Å². The van der Waals surface area contributed by atoms with Crippen LogP contribution in [0.5, 0.6) is 0 Å². The number of piperidine rings is 1. The van der Waals surface area contributed by atoms with Gasteiger partial charge in [-0.3, -0.25) is 4.55 Å². The highest BCUT2D eigenvalue weighted by molar-refractivity contribution is 7.80. The van der Waals surface area contributed by atoms with Crippen LogP contribution in [0.4, 0.5) is 4.79 Å². The Labute approximate surface area is 176 Å². The molecule has 3 heterocycles. The number of hydroxylamine groups is 2. The first kappa shape index (κ1) is 21.5. The normalized spacial score (nSPS) is 25.3. The third-order valence-electron chi connectivity index (χ3n) is 6.49. The van der Waals surface area contributed by atoms with Gasteiger partial charge >= 0.3 is 16.4 Å². The van der Waals surface area contributed by atoms with Crippen LogP contribution in [0.2, 0.25) is 0 Å². The Morgan fingerprint density at radius 3 is 2.63 bits per heavy atom. The molecule has 168 valence electrons. The van der Waals surface area contributed by atoms with Crippen LogP contribution in [0.1, 0.15) is 88.5 Å². The molecule has 3 fully saturated rings. The molecule has 2 bridgehead atoms. The molecule has 1 N–H and O–H groups in total. The van der Waals surface area contributed by atoms with Crippen molar-refractivity contribution in [3.63, 3.8) is 0 Å². The van der Waals surface area contributed by atoms with Crippen LogP contribution < -0.4 is 0 Å². The monoisotopic (exact) mass is 442 g/mol. The summed E-state index contributed by atoms with van der Waals surface area (Å²) >= 11 is 0. The van der Waals surface area contributed by atoms with Crippen molar-refractivity contribution in [2.75, 3.05) is 6.54 Å². The number of aromatic nitrogens is 2. The molecule has 0 radical (unpaired) electrons. The number of hydrogen-bond acceptors (Lipinski definition) is 7. The summed E-state index contributed by atoms with van der Waals surface area (Å²) in [5.41, 5.74) is 0. The minimum atomic E-state index is -4.75. The fourth-order valence-corrected chi connectivity index (χ4v) is 5.34. The Kier molecular flexibility index (Phi) is 6.59. The minimum Gasteiger partial charge on any atom is -0.423 e. The molecule has 1 aromatic rings. The summed E-state index contributed by atoms with van der Waals surface area (Å²) in [6, 6.07) is -1.46. The first-order valence-corrected chi connectivity index (χ1v) is 12.4. The second-order valence-corrected chi connectivity index (χ2v) is 9.65. The zero-order valence-electron chi connectivity index (χ0n) is 17.1. The number of unbranched alkanes of at least 4 members (excludes halogenated alkanes) is 2. The van der Waals surface area contributed by atoms with E-state index in [0.717, 1.165) is 30.2 Å². The van der Waals surface area contributed by atoms with Crippen LogP contribution in [0, 0.1) is 5.92 Å². The van der Waals surface area contributed by atoms with Crippen molar-refractivity contribution in [2.24, 2.45) is 5.92 Å². The predicted molar refractivity (Wildman–Crippen MR) is 105 cm³/mol. The molecule has 11 heteroatoms. The topological polar surface area (TPSA) is 126 Å². The van der Waals surface area contributed by atoms with Crippen LogP contribution in [0.3, 0.4) is 0 Å². The van der Waals surface area contributed by atoms with Crippen molar-refractivity contribution in [1.82, 2.24) is 20.2 Å². The number of rotatable bonds is 9. The van der Waals surface area contributed by atoms with E-state index >= 15 is 0 Å². The maximum atomic E-state index is 12.5. The fraction of sp³-hybridized carbons (Fsp3) is 0.842. The molecule has 3 aliphatic rings. The van der Waals surface area contributed by atoms with Crippen LogP contribution >= 0.6 is 0 Å². The lowest BCUT2D eigenvalue weighted by atomic mass is 9.85. The molecule has 0 aromatic carbocycles. The Bertz CT molecular complexity index is 838. The van der Waals surface area contributed by atoms with Gasteiger partial charge in [-0.2, -0.15) is 13.5 Å². The van der Waals surface area contributed by atoms with Crippen molar-refractivity contribution in [3.8, 4) is 0 Å². The Hall–Kier alpha value is -1.72. The molecule has 1 saturated carbocycles. The van der Waals surface area contributed by atoms with Crippen LogP contribution in [-0.2, 0) is 21.1 Å². The van der Waals surface area contributed by atoms with Crippen molar-refractivity contribution < 1.29 is 26.5 Å². The van der Waals surface area contributed by atoms with Crippen LogP contribution in [-0.4, -0.2) is 51.7 Å². The smallest absolute Gasteiger partial charge is 0.418 e. The molecule has 2 atom stereocenters. The van der Waals surface area contributed by atoms with Gasteiger partial charge in [-0.25, -0.2) is 4.79 Å². The standard InChI is InChI=1S/C19H30N4O6S/c24-19-22-13-15(23(19)29-30(25,26)27)11-12-16(22)18-21-20-17(28-18)10-6-2-5-9-14-7-3-1-4-8-14/h14-16H,1-13H2,(H,25,26,27)/t15-,16+/m1/s1. The highest BCUT2D eigenvalue weighted by Gasteiger charge is 2.49. The highest BCUT2D eigenvalue weighted by Crippen LogP contribution is 2.38. The molecule has 0 unspecified atom stereocenters. The summed E-state index contributed by atoms with van der Waals surface area (Å²) in [5, 5.41) is 8.98. The van der Waals surface area contributed by atoms with Gasteiger partial charge in [0, 0.05) is 13.0 Å². The maximum Gasteiger partial charge on any atom is 0.418 e. The molecule has 10 nitrogen and oxygen atoms in total. The third kappa shape index (κ3) is 5.12. The van der Waals surface area contributed by atoms with Crippen molar-refractivity contribution in [1.29, 1.82) is 0 Å². The van der Waals surface area contributed by atoms with E-state index in [1.54, 1.807) is 0 Å². The number of nitrogens with zero attached hydrogens (tertiary/aromatic N) is 4. The van der Waals surface area contributed by atoms with Gasteiger partial charge in [0.2, 0.25) is 11.8 Å². The fourth-order valence-electron chi connectivity index (χ4n) is 4.95. The maximum absolute atomic E-state index is 12.5. The van der Waals surface area contributed by atoms with E-state index in [1.807, 2.05) is 0 Å². The van der Waals surface area contributed by atoms with Crippen LogP contribution in [0.25, 0.3) is 0 Å². The summed E-state index contributed by atoms with van der Waals surface area (Å²) in [6.45, 7) is 0.290.